The van der Waals surface area contributed by atoms with Gasteiger partial charge in [0.05, 0.1) is 0 Å². The molecule has 0 amide bonds. The summed E-state index contributed by atoms with van der Waals surface area (Å²) in [5.41, 5.74) is -0.962. The number of Topliss-reactive ketones (excluding diaryl/α,β-unsaturated/α-hetero) is 1. The van der Waals surface area contributed by atoms with E-state index < -0.39 is 11.4 Å². The van der Waals surface area contributed by atoms with Gasteiger partial charge in [-0.2, -0.15) is 0 Å². The van der Waals surface area contributed by atoms with E-state index in [1.165, 1.54) is 0 Å². The van der Waals surface area contributed by atoms with Gasteiger partial charge in [0.1, 0.15) is 11.2 Å². The van der Waals surface area contributed by atoms with E-state index in [1.54, 1.807) is 0 Å². The molecule has 1 rings (SSSR count). The second kappa shape index (κ2) is 2.64. The van der Waals surface area contributed by atoms with E-state index in [0.717, 1.165) is 6.42 Å². The Labute approximate surface area is 65.4 Å². The number of hydrogen-bond acceptors (Lipinski definition) is 2. The fourth-order valence-electron chi connectivity index (χ4n) is 1.20. The van der Waals surface area contributed by atoms with Crippen LogP contribution in [-0.4, -0.2) is 16.9 Å². The topological polar surface area (TPSA) is 54.4 Å². The number of hydrogen-bond donors (Lipinski definition) is 1. The summed E-state index contributed by atoms with van der Waals surface area (Å²) in [5.74, 6) is -1.02. The van der Waals surface area contributed by atoms with Crippen molar-refractivity contribution in [3.05, 3.63) is 0 Å². The summed E-state index contributed by atoms with van der Waals surface area (Å²) in [7, 11) is 0. The first-order valence-electron chi connectivity index (χ1n) is 3.90. The predicted molar refractivity (Wildman–Crippen MR) is 39.2 cm³/mol. The molecule has 1 aliphatic carbocycles. The molecule has 0 aromatic heterocycles. The lowest BCUT2D eigenvalue weighted by Gasteiger charge is -2.05. The summed E-state index contributed by atoms with van der Waals surface area (Å²) in [6.07, 6.45) is 2.24. The van der Waals surface area contributed by atoms with Crippen LogP contribution in [0.2, 0.25) is 0 Å². The van der Waals surface area contributed by atoms with E-state index >= 15 is 0 Å². The van der Waals surface area contributed by atoms with Crippen LogP contribution in [0.4, 0.5) is 0 Å². The molecule has 0 aromatic carbocycles. The molecule has 62 valence electrons. The zero-order chi connectivity index (χ0) is 8.48. The molecule has 0 unspecified atom stereocenters. The maximum absolute atomic E-state index is 11.2. The van der Waals surface area contributed by atoms with Gasteiger partial charge in [-0.25, -0.2) is 0 Å². The Morgan fingerprint density at radius 1 is 1.45 bits per heavy atom. The smallest absolute Gasteiger partial charge is 0.317 e. The minimum Gasteiger partial charge on any atom is -0.480 e. The fraction of sp³-hybridized carbons (Fsp3) is 0.750. The molecule has 1 fully saturated rings. The number of carboxylic acid groups (broad SMARTS) is 1. The number of rotatable bonds is 4. The third-order valence-electron chi connectivity index (χ3n) is 2.17. The third kappa shape index (κ3) is 1.27. The third-order valence-corrected chi connectivity index (χ3v) is 2.17. The van der Waals surface area contributed by atoms with Crippen molar-refractivity contribution in [1.29, 1.82) is 0 Å². The van der Waals surface area contributed by atoms with E-state index in [4.69, 9.17) is 5.11 Å². The Morgan fingerprint density at radius 2 is 2.00 bits per heavy atom. The van der Waals surface area contributed by atoms with Gasteiger partial charge in [-0.1, -0.05) is 6.92 Å². The predicted octanol–water partition coefficient (Wildman–Crippen LogP) is 1.22. The van der Waals surface area contributed by atoms with Gasteiger partial charge >= 0.3 is 5.97 Å². The normalized spacial score (nSPS) is 19.4. The van der Waals surface area contributed by atoms with Crippen LogP contribution in [0.25, 0.3) is 0 Å². The van der Waals surface area contributed by atoms with Gasteiger partial charge in [-0.15, -0.1) is 0 Å². The van der Waals surface area contributed by atoms with Crippen LogP contribution in [0.5, 0.6) is 0 Å². The molecule has 11 heavy (non-hydrogen) atoms. The van der Waals surface area contributed by atoms with Crippen molar-refractivity contribution in [2.75, 3.05) is 0 Å². The molecule has 0 atom stereocenters. The first-order valence-corrected chi connectivity index (χ1v) is 3.90. The molecule has 3 nitrogen and oxygen atoms in total. The number of carbonyl (C=O) groups excluding carboxylic acids is 1. The van der Waals surface area contributed by atoms with Crippen molar-refractivity contribution in [3.8, 4) is 0 Å². The van der Waals surface area contributed by atoms with Gasteiger partial charge < -0.3 is 5.11 Å². The van der Waals surface area contributed by atoms with Crippen LogP contribution in [0, 0.1) is 5.41 Å². The fourth-order valence-corrected chi connectivity index (χ4v) is 1.20. The van der Waals surface area contributed by atoms with Crippen LogP contribution in [0.1, 0.15) is 32.6 Å². The molecule has 0 aromatic rings. The monoisotopic (exact) mass is 156 g/mol. The Morgan fingerprint density at radius 3 is 2.27 bits per heavy atom. The number of carbonyl (C=O) groups is 2. The molecule has 0 saturated heterocycles. The lowest BCUT2D eigenvalue weighted by molar-refractivity contribution is -0.148. The molecule has 0 radical (unpaired) electrons. The van der Waals surface area contributed by atoms with Gasteiger partial charge in [-0.3, -0.25) is 9.59 Å². The Kier molecular flexibility index (Phi) is 1.98. The molecule has 0 spiro atoms. The molecule has 1 N–H and O–H groups in total. The molecule has 1 aliphatic rings. The highest BCUT2D eigenvalue weighted by Crippen LogP contribution is 2.47. The largest absolute Gasteiger partial charge is 0.480 e. The molecular weight excluding hydrogens is 144 g/mol. The zero-order valence-electron chi connectivity index (χ0n) is 6.59. The minimum absolute atomic E-state index is 0.0903. The van der Waals surface area contributed by atoms with Crippen molar-refractivity contribution < 1.29 is 14.7 Å². The highest BCUT2D eigenvalue weighted by molar-refractivity contribution is 6.05. The summed E-state index contributed by atoms with van der Waals surface area (Å²) in [4.78, 5) is 21.8. The number of ketones is 1. The summed E-state index contributed by atoms with van der Waals surface area (Å²) in [5, 5.41) is 8.68. The molecule has 1 saturated carbocycles. The summed E-state index contributed by atoms with van der Waals surface area (Å²) in [6, 6.07) is 0. The average molecular weight is 156 g/mol. The standard InChI is InChI=1S/C8H12O3/c1-2-3-6(9)8(4-5-8)7(10)11/h2-5H2,1H3,(H,10,11). The lowest BCUT2D eigenvalue weighted by atomic mass is 9.98. The van der Waals surface area contributed by atoms with E-state index in [9.17, 15) is 9.59 Å². The van der Waals surface area contributed by atoms with Crippen LogP contribution in [0.15, 0.2) is 0 Å². The molecule has 0 aliphatic heterocycles. The maximum Gasteiger partial charge on any atom is 0.317 e. The molecular formula is C8H12O3. The van der Waals surface area contributed by atoms with Crippen molar-refractivity contribution >= 4 is 11.8 Å². The second-order valence-electron chi connectivity index (χ2n) is 3.06. The first-order chi connectivity index (χ1) is 5.13. The summed E-state index contributed by atoms with van der Waals surface area (Å²) >= 11 is 0. The lowest BCUT2D eigenvalue weighted by Crippen LogP contribution is -2.24. The Balaban J connectivity index is 2.58. The van der Waals surface area contributed by atoms with Gasteiger partial charge in [0, 0.05) is 6.42 Å². The van der Waals surface area contributed by atoms with Crippen LogP contribution >= 0.6 is 0 Å². The van der Waals surface area contributed by atoms with Crippen molar-refractivity contribution in [1.82, 2.24) is 0 Å². The first kappa shape index (κ1) is 8.24. The van der Waals surface area contributed by atoms with Gasteiger partial charge in [0.15, 0.2) is 0 Å². The second-order valence-corrected chi connectivity index (χ2v) is 3.06. The van der Waals surface area contributed by atoms with Crippen LogP contribution in [0.3, 0.4) is 0 Å². The highest BCUT2D eigenvalue weighted by atomic mass is 16.4. The van der Waals surface area contributed by atoms with Gasteiger partial charge in [-0.05, 0) is 19.3 Å². The SMILES string of the molecule is CCCC(=O)C1(C(=O)O)CC1. The molecule has 0 heterocycles. The average Bonchev–Trinajstić information content (AvgIpc) is 2.66. The van der Waals surface area contributed by atoms with E-state index in [1.807, 2.05) is 6.92 Å². The Hall–Kier alpha value is -0.860. The summed E-state index contributed by atoms with van der Waals surface area (Å²) in [6.45, 7) is 1.88. The molecule has 3 heteroatoms. The number of aliphatic carboxylic acids is 1. The van der Waals surface area contributed by atoms with E-state index in [0.29, 0.717) is 19.3 Å². The van der Waals surface area contributed by atoms with Crippen LogP contribution in [-0.2, 0) is 9.59 Å². The summed E-state index contributed by atoms with van der Waals surface area (Å²) < 4.78 is 0. The van der Waals surface area contributed by atoms with E-state index in [-0.39, 0.29) is 5.78 Å². The van der Waals surface area contributed by atoms with Crippen molar-refractivity contribution in [2.45, 2.75) is 32.6 Å². The van der Waals surface area contributed by atoms with Crippen molar-refractivity contribution in [2.24, 2.45) is 5.41 Å². The quantitative estimate of drug-likeness (QED) is 0.622. The van der Waals surface area contributed by atoms with Gasteiger partial charge in [0.2, 0.25) is 0 Å². The van der Waals surface area contributed by atoms with Crippen LogP contribution < -0.4 is 0 Å². The van der Waals surface area contributed by atoms with E-state index in [2.05, 4.69) is 0 Å². The Bertz CT molecular complexity index is 192. The van der Waals surface area contributed by atoms with Gasteiger partial charge in [0.25, 0.3) is 0 Å². The van der Waals surface area contributed by atoms with Crippen molar-refractivity contribution in [3.63, 3.8) is 0 Å². The zero-order valence-corrected chi connectivity index (χ0v) is 6.59. The maximum atomic E-state index is 11.2. The number of carboxylic acids is 1. The molecule has 0 bridgehead atoms. The minimum atomic E-state index is -0.962. The highest BCUT2D eigenvalue weighted by Gasteiger charge is 2.55.